The van der Waals surface area contributed by atoms with Crippen LogP contribution in [0.4, 0.5) is 5.69 Å². The molecule has 0 amide bonds. The molecule has 2 aromatic carbocycles. The summed E-state index contributed by atoms with van der Waals surface area (Å²) >= 11 is 5.20. The minimum atomic E-state index is 0.421. The number of aryl methyl sites for hydroxylation is 1. The summed E-state index contributed by atoms with van der Waals surface area (Å²) in [6.45, 7) is 2.04. The van der Waals surface area contributed by atoms with Crippen LogP contribution in [0.3, 0.4) is 0 Å². The zero-order chi connectivity index (χ0) is 16.8. The summed E-state index contributed by atoms with van der Waals surface area (Å²) in [6, 6.07) is 21.7. The first kappa shape index (κ1) is 16.0. The van der Waals surface area contributed by atoms with Crippen LogP contribution in [0, 0.1) is 6.92 Å². The third kappa shape index (κ3) is 4.30. The molecule has 2 N–H and O–H groups in total. The average Bonchev–Trinajstić information content (AvgIpc) is 3.07. The van der Waals surface area contributed by atoms with Crippen LogP contribution in [0.1, 0.15) is 11.3 Å². The van der Waals surface area contributed by atoms with Gasteiger partial charge in [-0.15, -0.1) is 0 Å². The second kappa shape index (κ2) is 7.57. The lowest BCUT2D eigenvalue weighted by Gasteiger charge is -2.06. The molecular formula is C19H17N3OS. The van der Waals surface area contributed by atoms with Gasteiger partial charge in [0.2, 0.25) is 0 Å². The monoisotopic (exact) mass is 335 g/mol. The lowest BCUT2D eigenvalue weighted by atomic mass is 10.2. The Bertz CT molecular complexity index is 839. The van der Waals surface area contributed by atoms with Gasteiger partial charge < -0.3 is 9.73 Å². The van der Waals surface area contributed by atoms with Crippen molar-refractivity contribution in [3.05, 3.63) is 78.1 Å². The lowest BCUT2D eigenvalue weighted by Crippen LogP contribution is -2.23. The molecule has 0 saturated heterocycles. The van der Waals surface area contributed by atoms with Gasteiger partial charge in [-0.3, -0.25) is 5.43 Å². The van der Waals surface area contributed by atoms with Gasteiger partial charge in [-0.05, 0) is 43.4 Å². The van der Waals surface area contributed by atoms with Gasteiger partial charge in [-0.25, -0.2) is 0 Å². The molecule has 1 aromatic heterocycles. The van der Waals surface area contributed by atoms with Crippen LogP contribution < -0.4 is 10.7 Å². The van der Waals surface area contributed by atoms with E-state index in [1.54, 1.807) is 6.21 Å². The predicted octanol–water partition coefficient (Wildman–Crippen LogP) is 4.58. The van der Waals surface area contributed by atoms with Gasteiger partial charge in [0.1, 0.15) is 11.5 Å². The average molecular weight is 335 g/mol. The molecule has 3 aromatic rings. The number of anilines is 1. The second-order valence-corrected chi connectivity index (χ2v) is 5.67. The van der Waals surface area contributed by atoms with Gasteiger partial charge in [0.15, 0.2) is 5.11 Å². The normalized spacial score (nSPS) is 10.7. The van der Waals surface area contributed by atoms with Crippen molar-refractivity contribution in [3.63, 3.8) is 0 Å². The van der Waals surface area contributed by atoms with Crippen LogP contribution >= 0.6 is 12.2 Å². The van der Waals surface area contributed by atoms with Crippen molar-refractivity contribution in [3.8, 4) is 11.3 Å². The molecule has 0 spiro atoms. The standard InChI is InChI=1S/C19H17N3OS/c1-14-7-9-16(10-8-14)21-19(24)22-20-13-17-11-12-18(23-17)15-5-3-2-4-6-15/h2-13H,1H3,(H2,21,22,24)/b20-13+. The van der Waals surface area contributed by atoms with Crippen molar-refractivity contribution in [1.82, 2.24) is 5.43 Å². The molecule has 0 unspecified atom stereocenters. The Morgan fingerprint density at radius 2 is 1.75 bits per heavy atom. The molecular weight excluding hydrogens is 318 g/mol. The third-order valence-corrected chi connectivity index (χ3v) is 3.55. The number of nitrogens with one attached hydrogen (secondary N) is 2. The molecule has 1 heterocycles. The summed E-state index contributed by atoms with van der Waals surface area (Å²) in [5, 5.41) is 7.57. The number of furan rings is 1. The Labute approximate surface area is 146 Å². The minimum absolute atomic E-state index is 0.421. The fraction of sp³-hybridized carbons (Fsp3) is 0.0526. The third-order valence-electron chi connectivity index (χ3n) is 3.35. The number of thiocarbonyl (C=S) groups is 1. The van der Waals surface area contributed by atoms with Crippen LogP contribution in [-0.2, 0) is 0 Å². The van der Waals surface area contributed by atoms with Crippen molar-refractivity contribution >= 4 is 29.2 Å². The van der Waals surface area contributed by atoms with E-state index < -0.39 is 0 Å². The quantitative estimate of drug-likeness (QED) is 0.416. The maximum absolute atomic E-state index is 5.73. The molecule has 0 saturated carbocycles. The Morgan fingerprint density at radius 1 is 1.00 bits per heavy atom. The van der Waals surface area contributed by atoms with Crippen molar-refractivity contribution < 1.29 is 4.42 Å². The Kier molecular flexibility index (Phi) is 5.03. The second-order valence-electron chi connectivity index (χ2n) is 5.26. The zero-order valence-electron chi connectivity index (χ0n) is 13.2. The highest BCUT2D eigenvalue weighted by atomic mass is 32.1. The number of nitrogens with zero attached hydrogens (tertiary/aromatic N) is 1. The largest absolute Gasteiger partial charge is 0.455 e. The van der Waals surface area contributed by atoms with Crippen LogP contribution in [0.15, 0.2) is 76.2 Å². The van der Waals surface area contributed by atoms with Crippen LogP contribution in [-0.4, -0.2) is 11.3 Å². The van der Waals surface area contributed by atoms with E-state index in [0.717, 1.165) is 17.0 Å². The Hall–Kier alpha value is -2.92. The fourth-order valence-electron chi connectivity index (χ4n) is 2.13. The van der Waals surface area contributed by atoms with E-state index in [2.05, 4.69) is 15.8 Å². The van der Waals surface area contributed by atoms with E-state index in [0.29, 0.717) is 10.9 Å². The topological polar surface area (TPSA) is 49.6 Å². The first-order chi connectivity index (χ1) is 11.7. The van der Waals surface area contributed by atoms with Crippen molar-refractivity contribution in [2.24, 2.45) is 5.10 Å². The van der Waals surface area contributed by atoms with Gasteiger partial charge in [0, 0.05) is 11.3 Å². The maximum atomic E-state index is 5.73. The van der Waals surface area contributed by atoms with Crippen molar-refractivity contribution in [2.45, 2.75) is 6.92 Å². The zero-order valence-corrected chi connectivity index (χ0v) is 14.0. The number of rotatable bonds is 4. The van der Waals surface area contributed by atoms with Crippen LogP contribution in [0.2, 0.25) is 0 Å². The molecule has 0 bridgehead atoms. The molecule has 0 fully saturated rings. The molecule has 0 aliphatic heterocycles. The molecule has 0 radical (unpaired) electrons. The highest BCUT2D eigenvalue weighted by molar-refractivity contribution is 7.80. The number of benzene rings is 2. The fourth-order valence-corrected chi connectivity index (χ4v) is 2.30. The summed E-state index contributed by atoms with van der Waals surface area (Å²) in [5.74, 6) is 1.46. The molecule has 0 aliphatic carbocycles. The Morgan fingerprint density at radius 3 is 2.50 bits per heavy atom. The van der Waals surface area contributed by atoms with E-state index in [-0.39, 0.29) is 0 Å². The van der Waals surface area contributed by atoms with Gasteiger partial charge in [-0.1, -0.05) is 48.0 Å². The lowest BCUT2D eigenvalue weighted by molar-refractivity contribution is 0.574. The first-order valence-electron chi connectivity index (χ1n) is 7.53. The highest BCUT2D eigenvalue weighted by Gasteiger charge is 2.02. The Balaban J connectivity index is 1.55. The summed E-state index contributed by atoms with van der Waals surface area (Å²) in [7, 11) is 0. The smallest absolute Gasteiger partial charge is 0.191 e. The van der Waals surface area contributed by atoms with E-state index in [1.165, 1.54) is 5.56 Å². The van der Waals surface area contributed by atoms with Gasteiger partial charge in [0.05, 0.1) is 6.21 Å². The maximum Gasteiger partial charge on any atom is 0.191 e. The molecule has 0 atom stereocenters. The van der Waals surface area contributed by atoms with Crippen molar-refractivity contribution in [2.75, 3.05) is 5.32 Å². The molecule has 24 heavy (non-hydrogen) atoms. The summed E-state index contributed by atoms with van der Waals surface area (Å²) in [6.07, 6.45) is 1.59. The molecule has 4 nitrogen and oxygen atoms in total. The predicted molar refractivity (Wildman–Crippen MR) is 102 cm³/mol. The van der Waals surface area contributed by atoms with E-state index >= 15 is 0 Å². The summed E-state index contributed by atoms with van der Waals surface area (Å²) in [4.78, 5) is 0. The highest BCUT2D eigenvalue weighted by Crippen LogP contribution is 2.20. The number of hydrogen-bond acceptors (Lipinski definition) is 3. The molecule has 120 valence electrons. The van der Waals surface area contributed by atoms with Gasteiger partial charge in [0.25, 0.3) is 0 Å². The SMILES string of the molecule is Cc1ccc(NC(=S)N/N=C/c2ccc(-c3ccccc3)o2)cc1. The number of hydrogen-bond donors (Lipinski definition) is 2. The van der Waals surface area contributed by atoms with Gasteiger partial charge >= 0.3 is 0 Å². The van der Waals surface area contributed by atoms with Crippen molar-refractivity contribution in [1.29, 1.82) is 0 Å². The minimum Gasteiger partial charge on any atom is -0.455 e. The van der Waals surface area contributed by atoms with Crippen LogP contribution in [0.25, 0.3) is 11.3 Å². The summed E-state index contributed by atoms with van der Waals surface area (Å²) < 4.78 is 5.73. The summed E-state index contributed by atoms with van der Waals surface area (Å²) in [5.41, 5.74) is 5.92. The molecule has 0 aliphatic rings. The molecule has 5 heteroatoms. The van der Waals surface area contributed by atoms with E-state index in [4.69, 9.17) is 16.6 Å². The van der Waals surface area contributed by atoms with Gasteiger partial charge in [-0.2, -0.15) is 5.10 Å². The number of hydrazone groups is 1. The van der Waals surface area contributed by atoms with Crippen LogP contribution in [0.5, 0.6) is 0 Å². The molecule has 3 rings (SSSR count). The van der Waals surface area contributed by atoms with E-state index in [1.807, 2.05) is 73.7 Å². The van der Waals surface area contributed by atoms with E-state index in [9.17, 15) is 0 Å². The first-order valence-corrected chi connectivity index (χ1v) is 7.93.